The molecule has 3 rings (SSSR count). The third kappa shape index (κ3) is 1.71. The monoisotopic (exact) mass is 226 g/mol. The summed E-state index contributed by atoms with van der Waals surface area (Å²) in [6.07, 6.45) is 0.835. The maximum absolute atomic E-state index is 9.33. The Morgan fingerprint density at radius 1 is 1.18 bits per heavy atom. The summed E-state index contributed by atoms with van der Waals surface area (Å²) in [5, 5.41) is 9.33. The molecule has 1 aliphatic rings. The van der Waals surface area contributed by atoms with Crippen LogP contribution in [0.15, 0.2) is 36.4 Å². The molecule has 0 aliphatic carbocycles. The predicted octanol–water partition coefficient (Wildman–Crippen LogP) is 3.18. The summed E-state index contributed by atoms with van der Waals surface area (Å²) in [4.78, 5) is 0. The summed E-state index contributed by atoms with van der Waals surface area (Å²) in [5.74, 6) is 1.81. The van der Waals surface area contributed by atoms with Crippen LogP contribution in [0.1, 0.15) is 22.3 Å². The maximum Gasteiger partial charge on any atom is 0.131 e. The number of hydrogen-bond donors (Lipinski definition) is 1. The Hall–Kier alpha value is -1.80. The minimum absolute atomic E-state index is 0.0632. The zero-order valence-corrected chi connectivity index (χ0v) is 9.73. The average Bonchev–Trinajstić information content (AvgIpc) is 2.35. The Bertz CT molecular complexity index is 573. The highest BCUT2D eigenvalue weighted by atomic mass is 16.5. The molecule has 0 radical (unpaired) electrons. The molecule has 0 saturated carbocycles. The van der Waals surface area contributed by atoms with Crippen molar-refractivity contribution < 1.29 is 9.84 Å². The number of aryl methyl sites for hydroxylation is 1. The lowest BCUT2D eigenvalue weighted by Gasteiger charge is -2.22. The molecule has 1 aliphatic heterocycles. The van der Waals surface area contributed by atoms with Crippen molar-refractivity contribution in [1.82, 2.24) is 0 Å². The fourth-order valence-corrected chi connectivity index (χ4v) is 2.27. The molecule has 0 aromatic heterocycles. The van der Waals surface area contributed by atoms with E-state index in [2.05, 4.69) is 25.1 Å². The van der Waals surface area contributed by atoms with Gasteiger partial charge in [-0.2, -0.15) is 0 Å². The molecule has 86 valence electrons. The van der Waals surface area contributed by atoms with Gasteiger partial charge in [0.15, 0.2) is 0 Å². The average molecular weight is 226 g/mol. The summed E-state index contributed by atoms with van der Waals surface area (Å²) < 4.78 is 5.89. The summed E-state index contributed by atoms with van der Waals surface area (Å²) in [5.41, 5.74) is 4.44. The topological polar surface area (TPSA) is 29.5 Å². The van der Waals surface area contributed by atoms with Gasteiger partial charge in [-0.25, -0.2) is 0 Å². The molecule has 0 amide bonds. The number of ether oxygens (including phenoxy) is 1. The first-order valence-corrected chi connectivity index (χ1v) is 5.77. The summed E-state index contributed by atoms with van der Waals surface area (Å²) >= 11 is 0. The molecule has 1 heterocycles. The van der Waals surface area contributed by atoms with Crippen molar-refractivity contribution in [1.29, 1.82) is 0 Å². The minimum atomic E-state index is 0.0632. The second kappa shape index (κ2) is 3.90. The van der Waals surface area contributed by atoms with Crippen LogP contribution in [0.5, 0.6) is 11.5 Å². The highest BCUT2D eigenvalue weighted by molar-refractivity contribution is 5.53. The molecule has 17 heavy (non-hydrogen) atoms. The van der Waals surface area contributed by atoms with Crippen LogP contribution in [0.25, 0.3) is 0 Å². The molecule has 1 N–H and O–H groups in total. The van der Waals surface area contributed by atoms with E-state index in [1.165, 1.54) is 11.1 Å². The van der Waals surface area contributed by atoms with Crippen LogP contribution in [0.4, 0.5) is 0 Å². The van der Waals surface area contributed by atoms with Gasteiger partial charge in [-0.05, 0) is 35.7 Å². The first-order chi connectivity index (χ1) is 8.28. The molecule has 0 saturated heterocycles. The zero-order valence-electron chi connectivity index (χ0n) is 9.73. The normalized spacial score (nSPS) is 12.6. The molecule has 0 bridgehead atoms. The van der Waals surface area contributed by atoms with E-state index in [0.717, 1.165) is 29.0 Å². The molecule has 2 heteroatoms. The lowest BCUT2D eigenvalue weighted by molar-refractivity contribution is 0.279. The lowest BCUT2D eigenvalue weighted by atomic mass is 9.95. The highest BCUT2D eigenvalue weighted by Gasteiger charge is 2.18. The van der Waals surface area contributed by atoms with E-state index in [0.29, 0.717) is 0 Å². The third-order valence-corrected chi connectivity index (χ3v) is 3.21. The quantitative estimate of drug-likeness (QED) is 0.690. The van der Waals surface area contributed by atoms with Crippen molar-refractivity contribution in [3.05, 3.63) is 58.7 Å². The third-order valence-electron chi connectivity index (χ3n) is 3.21. The van der Waals surface area contributed by atoms with E-state index in [-0.39, 0.29) is 6.61 Å². The van der Waals surface area contributed by atoms with E-state index < -0.39 is 0 Å². The van der Waals surface area contributed by atoms with E-state index in [1.807, 2.05) is 18.2 Å². The van der Waals surface area contributed by atoms with Crippen LogP contribution in [0.3, 0.4) is 0 Å². The number of aliphatic hydroxyl groups excluding tert-OH is 1. The molecular formula is C15H14O2. The van der Waals surface area contributed by atoms with Crippen molar-refractivity contribution in [2.24, 2.45) is 0 Å². The van der Waals surface area contributed by atoms with E-state index >= 15 is 0 Å². The van der Waals surface area contributed by atoms with Gasteiger partial charge < -0.3 is 9.84 Å². The molecule has 0 atom stereocenters. The lowest BCUT2D eigenvalue weighted by Crippen LogP contribution is -2.06. The van der Waals surface area contributed by atoms with Crippen LogP contribution >= 0.6 is 0 Å². The van der Waals surface area contributed by atoms with E-state index in [9.17, 15) is 5.11 Å². The van der Waals surface area contributed by atoms with Crippen LogP contribution < -0.4 is 4.74 Å². The molecule has 0 spiro atoms. The second-order valence-corrected chi connectivity index (χ2v) is 4.44. The van der Waals surface area contributed by atoms with Crippen molar-refractivity contribution in [3.8, 4) is 11.5 Å². The number of aliphatic hydroxyl groups is 1. The van der Waals surface area contributed by atoms with Crippen LogP contribution in [0, 0.1) is 6.92 Å². The first kappa shape index (κ1) is 10.4. The Balaban J connectivity index is 2.10. The molecule has 2 nitrogen and oxygen atoms in total. The van der Waals surface area contributed by atoms with Gasteiger partial charge in [-0.3, -0.25) is 0 Å². The SMILES string of the molecule is Cc1ccc2c(c1)Oc1cccc(CO)c1C2. The highest BCUT2D eigenvalue weighted by Crippen LogP contribution is 2.38. The molecule has 0 fully saturated rings. The Kier molecular flexibility index (Phi) is 2.37. The van der Waals surface area contributed by atoms with Crippen molar-refractivity contribution >= 4 is 0 Å². The zero-order chi connectivity index (χ0) is 11.8. The maximum atomic E-state index is 9.33. The van der Waals surface area contributed by atoms with Gasteiger partial charge in [0.2, 0.25) is 0 Å². The van der Waals surface area contributed by atoms with Crippen molar-refractivity contribution in [3.63, 3.8) is 0 Å². The van der Waals surface area contributed by atoms with E-state index in [4.69, 9.17) is 4.74 Å². The fourth-order valence-electron chi connectivity index (χ4n) is 2.27. The van der Waals surface area contributed by atoms with Gasteiger partial charge in [0.05, 0.1) is 6.61 Å². The Labute approximate surface area is 100 Å². The van der Waals surface area contributed by atoms with Crippen molar-refractivity contribution in [2.75, 3.05) is 0 Å². The number of rotatable bonds is 1. The summed E-state index contributed by atoms with van der Waals surface area (Å²) in [6, 6.07) is 12.1. The smallest absolute Gasteiger partial charge is 0.131 e. The van der Waals surface area contributed by atoms with Crippen LogP contribution in [-0.4, -0.2) is 5.11 Å². The Morgan fingerprint density at radius 3 is 2.88 bits per heavy atom. The van der Waals surface area contributed by atoms with Gasteiger partial charge >= 0.3 is 0 Å². The Morgan fingerprint density at radius 2 is 2.06 bits per heavy atom. The van der Waals surface area contributed by atoms with Crippen LogP contribution in [-0.2, 0) is 13.0 Å². The van der Waals surface area contributed by atoms with Gasteiger partial charge in [0.1, 0.15) is 11.5 Å². The minimum Gasteiger partial charge on any atom is -0.457 e. The first-order valence-electron chi connectivity index (χ1n) is 5.77. The van der Waals surface area contributed by atoms with Gasteiger partial charge in [0, 0.05) is 12.0 Å². The van der Waals surface area contributed by atoms with E-state index in [1.54, 1.807) is 0 Å². The summed E-state index contributed by atoms with van der Waals surface area (Å²) in [6.45, 7) is 2.12. The second-order valence-electron chi connectivity index (χ2n) is 4.44. The fraction of sp³-hybridized carbons (Fsp3) is 0.200. The van der Waals surface area contributed by atoms with Crippen LogP contribution in [0.2, 0.25) is 0 Å². The molecular weight excluding hydrogens is 212 g/mol. The number of hydrogen-bond acceptors (Lipinski definition) is 2. The van der Waals surface area contributed by atoms with Gasteiger partial charge in [-0.1, -0.05) is 24.3 Å². The number of benzene rings is 2. The molecule has 0 unspecified atom stereocenters. The molecule has 2 aromatic carbocycles. The number of fused-ring (bicyclic) bond motifs is 2. The van der Waals surface area contributed by atoms with Crippen molar-refractivity contribution in [2.45, 2.75) is 20.0 Å². The van der Waals surface area contributed by atoms with Gasteiger partial charge in [0.25, 0.3) is 0 Å². The standard InChI is InChI=1S/C15H14O2/c1-10-5-6-11-8-13-12(9-16)3-2-4-14(13)17-15(11)7-10/h2-7,16H,8-9H2,1H3. The predicted molar refractivity (Wildman–Crippen MR) is 66.4 cm³/mol. The van der Waals surface area contributed by atoms with Gasteiger partial charge in [-0.15, -0.1) is 0 Å². The summed E-state index contributed by atoms with van der Waals surface area (Å²) in [7, 11) is 0. The molecule has 2 aromatic rings. The largest absolute Gasteiger partial charge is 0.457 e.